The molecule has 0 aliphatic carbocycles. The van der Waals surface area contributed by atoms with Gasteiger partial charge in [-0.25, -0.2) is 12.8 Å². The quantitative estimate of drug-likeness (QED) is 0.866. The Morgan fingerprint density at radius 2 is 2.23 bits per heavy atom. The summed E-state index contributed by atoms with van der Waals surface area (Å²) in [6, 6.07) is 4.50. The average molecular weight is 330 g/mol. The number of halogens is 1. The van der Waals surface area contributed by atoms with Crippen LogP contribution < -0.4 is 10.1 Å². The van der Waals surface area contributed by atoms with E-state index in [0.29, 0.717) is 24.4 Å². The lowest BCUT2D eigenvalue weighted by atomic mass is 10.1. The third-order valence-corrected chi connectivity index (χ3v) is 5.42. The van der Waals surface area contributed by atoms with Gasteiger partial charge in [-0.15, -0.1) is 0 Å². The highest BCUT2D eigenvalue weighted by molar-refractivity contribution is 7.88. The molecule has 22 heavy (non-hydrogen) atoms. The van der Waals surface area contributed by atoms with E-state index in [1.165, 1.54) is 23.7 Å². The fourth-order valence-corrected chi connectivity index (χ4v) is 4.04. The first kappa shape index (κ1) is 17.2. The second-order valence-corrected chi connectivity index (χ2v) is 7.62. The highest BCUT2D eigenvalue weighted by Gasteiger charge is 2.31. The van der Waals surface area contributed by atoms with E-state index in [2.05, 4.69) is 5.32 Å². The van der Waals surface area contributed by atoms with E-state index in [-0.39, 0.29) is 17.9 Å². The van der Waals surface area contributed by atoms with Gasteiger partial charge in [0.1, 0.15) is 11.6 Å². The minimum Gasteiger partial charge on any atom is -0.497 e. The minimum atomic E-state index is -3.18. The van der Waals surface area contributed by atoms with E-state index >= 15 is 0 Å². The smallest absolute Gasteiger partial charge is 0.211 e. The lowest BCUT2D eigenvalue weighted by molar-refractivity contribution is 0.360. The van der Waals surface area contributed by atoms with Crippen molar-refractivity contribution >= 4 is 10.0 Å². The molecule has 1 N–H and O–H groups in total. The van der Waals surface area contributed by atoms with E-state index in [4.69, 9.17) is 4.74 Å². The van der Waals surface area contributed by atoms with Crippen molar-refractivity contribution in [2.75, 3.05) is 26.5 Å². The highest BCUT2D eigenvalue weighted by Crippen LogP contribution is 2.23. The van der Waals surface area contributed by atoms with Crippen LogP contribution in [0.1, 0.15) is 31.4 Å². The first-order valence-corrected chi connectivity index (χ1v) is 9.21. The van der Waals surface area contributed by atoms with Gasteiger partial charge in [0.25, 0.3) is 0 Å². The molecule has 7 heteroatoms. The number of hydrogen-bond acceptors (Lipinski definition) is 4. The summed E-state index contributed by atoms with van der Waals surface area (Å²) in [5.74, 6) is 0.151. The highest BCUT2D eigenvalue weighted by atomic mass is 32.2. The van der Waals surface area contributed by atoms with E-state index in [9.17, 15) is 12.8 Å². The van der Waals surface area contributed by atoms with E-state index < -0.39 is 10.0 Å². The Bertz CT molecular complexity index is 621. The predicted octanol–water partition coefficient (Wildman–Crippen LogP) is 1.91. The van der Waals surface area contributed by atoms with Crippen molar-refractivity contribution < 1.29 is 17.5 Å². The molecule has 1 heterocycles. The summed E-state index contributed by atoms with van der Waals surface area (Å²) >= 11 is 0. The second kappa shape index (κ2) is 6.93. The minimum absolute atomic E-state index is 0.0567. The van der Waals surface area contributed by atoms with Crippen LogP contribution in [0.15, 0.2) is 18.2 Å². The maximum absolute atomic E-state index is 14.0. The Kier molecular flexibility index (Phi) is 5.41. The number of nitrogens with zero attached hydrogens (tertiary/aromatic N) is 1. The fraction of sp³-hybridized carbons (Fsp3) is 0.600. The van der Waals surface area contributed by atoms with Crippen LogP contribution in [-0.4, -0.2) is 45.2 Å². The second-order valence-electron chi connectivity index (χ2n) is 5.69. The van der Waals surface area contributed by atoms with E-state index in [1.54, 1.807) is 12.1 Å². The van der Waals surface area contributed by atoms with Gasteiger partial charge < -0.3 is 10.1 Å². The first-order valence-electron chi connectivity index (χ1n) is 7.36. The number of rotatable bonds is 6. The molecule has 2 atom stereocenters. The number of nitrogens with one attached hydrogen (secondary N) is 1. The molecule has 1 aliphatic heterocycles. The summed E-state index contributed by atoms with van der Waals surface area (Å²) in [6.45, 7) is 2.95. The van der Waals surface area contributed by atoms with Crippen molar-refractivity contribution in [3.05, 3.63) is 29.6 Å². The Hall–Kier alpha value is -1.18. The van der Waals surface area contributed by atoms with Crippen LogP contribution in [0.25, 0.3) is 0 Å². The molecule has 0 saturated carbocycles. The number of hydrogen-bond donors (Lipinski definition) is 1. The molecule has 5 nitrogen and oxygen atoms in total. The van der Waals surface area contributed by atoms with Crippen molar-refractivity contribution in [1.29, 1.82) is 0 Å². The van der Waals surface area contributed by atoms with Crippen LogP contribution in [0.2, 0.25) is 0 Å². The molecule has 0 radical (unpaired) electrons. The summed E-state index contributed by atoms with van der Waals surface area (Å²) in [4.78, 5) is 0. The molecular weight excluding hydrogens is 307 g/mol. The Labute approximate surface area is 131 Å². The largest absolute Gasteiger partial charge is 0.497 e. The standard InChI is InChI=1S/C15H23FN2O3S/c1-11(14-7-6-13(21-2)9-15(14)16)17-10-12-5-4-8-18(12)22(3,19)20/h6-7,9,11-12,17H,4-5,8,10H2,1-3H3/t11?,12-/m1/s1. The van der Waals surface area contributed by atoms with E-state index in [0.717, 1.165) is 12.8 Å². The number of sulfonamides is 1. The maximum Gasteiger partial charge on any atom is 0.211 e. The lowest BCUT2D eigenvalue weighted by Gasteiger charge is -2.24. The molecule has 1 fully saturated rings. The van der Waals surface area contributed by atoms with Crippen LogP contribution >= 0.6 is 0 Å². The molecule has 124 valence electrons. The van der Waals surface area contributed by atoms with Crippen molar-refractivity contribution in [1.82, 2.24) is 9.62 Å². The van der Waals surface area contributed by atoms with Crippen molar-refractivity contribution in [2.45, 2.75) is 31.8 Å². The third kappa shape index (κ3) is 3.97. The normalized spacial score (nSPS) is 21.0. The topological polar surface area (TPSA) is 58.6 Å². The van der Waals surface area contributed by atoms with Gasteiger partial charge in [-0.2, -0.15) is 4.31 Å². The van der Waals surface area contributed by atoms with Gasteiger partial charge in [-0.05, 0) is 25.8 Å². The molecule has 1 unspecified atom stereocenters. The van der Waals surface area contributed by atoms with Crippen LogP contribution in [-0.2, 0) is 10.0 Å². The SMILES string of the molecule is COc1ccc(C(C)NC[C@H]2CCCN2S(C)(=O)=O)c(F)c1. The maximum atomic E-state index is 14.0. The molecule has 1 aromatic rings. The van der Waals surface area contributed by atoms with Gasteiger partial charge >= 0.3 is 0 Å². The van der Waals surface area contributed by atoms with Crippen molar-refractivity contribution in [3.8, 4) is 5.75 Å². The summed E-state index contributed by atoms with van der Waals surface area (Å²) in [6.07, 6.45) is 2.93. The Morgan fingerprint density at radius 1 is 1.50 bits per heavy atom. The van der Waals surface area contributed by atoms with Gasteiger partial charge in [-0.1, -0.05) is 6.07 Å². The van der Waals surface area contributed by atoms with Crippen LogP contribution in [0.5, 0.6) is 5.75 Å². The van der Waals surface area contributed by atoms with Gasteiger partial charge in [0.15, 0.2) is 0 Å². The first-order chi connectivity index (χ1) is 10.3. The fourth-order valence-electron chi connectivity index (χ4n) is 2.86. The lowest BCUT2D eigenvalue weighted by Crippen LogP contribution is -2.41. The van der Waals surface area contributed by atoms with Crippen LogP contribution in [0.4, 0.5) is 4.39 Å². The average Bonchev–Trinajstić information content (AvgIpc) is 2.93. The van der Waals surface area contributed by atoms with Gasteiger partial charge in [0.2, 0.25) is 10.0 Å². The zero-order valence-electron chi connectivity index (χ0n) is 13.2. The molecule has 1 aromatic carbocycles. The van der Waals surface area contributed by atoms with Gasteiger partial charge in [0.05, 0.1) is 13.4 Å². The Morgan fingerprint density at radius 3 is 2.82 bits per heavy atom. The number of methoxy groups -OCH3 is 1. The number of ether oxygens (including phenoxy) is 1. The molecule has 0 amide bonds. The van der Waals surface area contributed by atoms with Gasteiger partial charge in [0, 0.05) is 36.8 Å². The molecule has 1 saturated heterocycles. The molecule has 0 spiro atoms. The van der Waals surface area contributed by atoms with Gasteiger partial charge in [-0.3, -0.25) is 0 Å². The molecular formula is C15H23FN2O3S. The van der Waals surface area contributed by atoms with Crippen molar-refractivity contribution in [3.63, 3.8) is 0 Å². The van der Waals surface area contributed by atoms with Crippen molar-refractivity contribution in [2.24, 2.45) is 0 Å². The molecule has 0 aromatic heterocycles. The summed E-state index contributed by atoms with van der Waals surface area (Å²) < 4.78 is 44.0. The number of benzene rings is 1. The van der Waals surface area contributed by atoms with Crippen LogP contribution in [0.3, 0.4) is 0 Å². The molecule has 1 aliphatic rings. The zero-order valence-corrected chi connectivity index (χ0v) is 14.0. The van der Waals surface area contributed by atoms with E-state index in [1.807, 2.05) is 6.92 Å². The predicted molar refractivity (Wildman–Crippen MR) is 83.9 cm³/mol. The monoisotopic (exact) mass is 330 g/mol. The summed E-state index contributed by atoms with van der Waals surface area (Å²) in [7, 11) is -1.68. The molecule has 0 bridgehead atoms. The van der Waals surface area contributed by atoms with Crippen LogP contribution in [0, 0.1) is 5.82 Å². The summed E-state index contributed by atoms with van der Waals surface area (Å²) in [5.41, 5.74) is 0.546. The zero-order chi connectivity index (χ0) is 16.3. The Balaban J connectivity index is 1.99. The third-order valence-electron chi connectivity index (χ3n) is 4.08. The summed E-state index contributed by atoms with van der Waals surface area (Å²) in [5, 5.41) is 3.23. The molecule has 2 rings (SSSR count).